The number of amides is 1. The average molecular weight is 544 g/mol. The number of hydrogen-bond donors (Lipinski definition) is 2. The van der Waals surface area contributed by atoms with E-state index in [1.165, 1.54) is 38.6 Å². The van der Waals surface area contributed by atoms with Crippen LogP contribution in [0.4, 0.5) is 17.6 Å². The summed E-state index contributed by atoms with van der Waals surface area (Å²) < 4.78 is 54.8. The Hall–Kier alpha value is -3.02. The maximum absolute atomic E-state index is 13.4. The Morgan fingerprint density at radius 2 is 1.79 bits per heavy atom. The van der Waals surface area contributed by atoms with E-state index in [9.17, 15) is 27.2 Å². The number of aromatic nitrogens is 3. The van der Waals surface area contributed by atoms with E-state index >= 15 is 0 Å². The molecular formula is C26H37F4N5O3. The standard InChI is InChI=1S/C10H8FN3O2.C8H12F3NO.C8H17N/c1-16-10-3-7(8(11)4-12-10)9-2-6(5-15)13-14-9;9-8(10,11)6-1-3-7(4-2-6)12-5-13;1-7-4-5-8(2)9(3)6-7/h2-5H,1H3,(H,13,14);5-7H,1-4H2,(H,12,13);7-8H,4-6H2,1-3H3/t;;7-,8+/m..1/s1. The van der Waals surface area contributed by atoms with Crippen LogP contribution in [0.15, 0.2) is 18.3 Å². The highest BCUT2D eigenvalue weighted by molar-refractivity contribution is 5.75. The van der Waals surface area contributed by atoms with Gasteiger partial charge in [-0.25, -0.2) is 9.37 Å². The smallest absolute Gasteiger partial charge is 0.391 e. The molecule has 2 aromatic heterocycles. The second-order valence-corrected chi connectivity index (χ2v) is 9.88. The van der Waals surface area contributed by atoms with Gasteiger partial charge in [0, 0.05) is 30.3 Å². The van der Waals surface area contributed by atoms with E-state index in [0.717, 1.165) is 18.2 Å². The fraction of sp³-hybridized carbons (Fsp3) is 0.615. The highest BCUT2D eigenvalue weighted by atomic mass is 19.4. The Bertz CT molecular complexity index is 1010. The van der Waals surface area contributed by atoms with E-state index in [4.69, 9.17) is 4.74 Å². The van der Waals surface area contributed by atoms with Gasteiger partial charge in [0.25, 0.3) is 0 Å². The van der Waals surface area contributed by atoms with Crippen LogP contribution in [0.5, 0.6) is 5.88 Å². The van der Waals surface area contributed by atoms with Crippen LogP contribution < -0.4 is 10.1 Å². The van der Waals surface area contributed by atoms with Crippen LogP contribution in [-0.4, -0.2) is 71.7 Å². The van der Waals surface area contributed by atoms with Crippen molar-refractivity contribution in [2.24, 2.45) is 11.8 Å². The van der Waals surface area contributed by atoms with Crippen LogP contribution in [0.2, 0.25) is 0 Å². The number of ether oxygens (including phenoxy) is 1. The van der Waals surface area contributed by atoms with Crippen molar-refractivity contribution in [3.63, 3.8) is 0 Å². The molecule has 2 aromatic rings. The van der Waals surface area contributed by atoms with Crippen molar-refractivity contribution < 1.29 is 31.9 Å². The fourth-order valence-electron chi connectivity index (χ4n) is 4.45. The van der Waals surface area contributed by atoms with Gasteiger partial charge in [-0.05, 0) is 64.5 Å². The molecule has 2 aliphatic rings. The molecule has 212 valence electrons. The van der Waals surface area contributed by atoms with Gasteiger partial charge in [-0.3, -0.25) is 14.7 Å². The molecule has 2 fully saturated rings. The monoisotopic (exact) mass is 543 g/mol. The minimum absolute atomic E-state index is 0.0592. The first-order chi connectivity index (χ1) is 18.0. The number of likely N-dealkylation sites (tertiary alicyclic amines) is 1. The third kappa shape index (κ3) is 9.70. The van der Waals surface area contributed by atoms with E-state index in [-0.39, 0.29) is 36.0 Å². The minimum atomic E-state index is -4.06. The van der Waals surface area contributed by atoms with E-state index < -0.39 is 17.9 Å². The summed E-state index contributed by atoms with van der Waals surface area (Å²) >= 11 is 0. The minimum Gasteiger partial charge on any atom is -0.481 e. The largest absolute Gasteiger partial charge is 0.481 e. The summed E-state index contributed by atoms with van der Waals surface area (Å²) in [6.45, 7) is 5.94. The molecule has 0 aromatic carbocycles. The first-order valence-corrected chi connectivity index (χ1v) is 12.7. The first-order valence-electron chi connectivity index (χ1n) is 12.7. The first kappa shape index (κ1) is 31.2. The van der Waals surface area contributed by atoms with Crippen LogP contribution in [-0.2, 0) is 4.79 Å². The topological polar surface area (TPSA) is 100 Å². The number of H-pyrrole nitrogens is 1. The lowest BCUT2D eigenvalue weighted by Gasteiger charge is -2.33. The number of hydrogen-bond acceptors (Lipinski definition) is 6. The Labute approximate surface area is 220 Å². The zero-order valence-electron chi connectivity index (χ0n) is 22.2. The number of alkyl halides is 3. The number of halogens is 4. The number of rotatable bonds is 5. The number of aldehydes is 1. The molecule has 0 radical (unpaired) electrons. The van der Waals surface area contributed by atoms with Gasteiger partial charge in [-0.1, -0.05) is 6.92 Å². The van der Waals surface area contributed by atoms with Gasteiger partial charge < -0.3 is 15.0 Å². The van der Waals surface area contributed by atoms with Crippen molar-refractivity contribution in [3.05, 3.63) is 29.8 Å². The van der Waals surface area contributed by atoms with Crippen LogP contribution >= 0.6 is 0 Å². The summed E-state index contributed by atoms with van der Waals surface area (Å²) in [5.41, 5.74) is 0.849. The normalized spacial score (nSPS) is 23.7. The van der Waals surface area contributed by atoms with Gasteiger partial charge in [0.1, 0.15) is 0 Å². The molecule has 12 heteroatoms. The molecular weight excluding hydrogens is 506 g/mol. The molecule has 0 unspecified atom stereocenters. The van der Waals surface area contributed by atoms with Gasteiger partial charge in [0.2, 0.25) is 12.3 Å². The third-order valence-corrected chi connectivity index (χ3v) is 6.96. The second-order valence-electron chi connectivity index (χ2n) is 9.88. The predicted molar refractivity (Wildman–Crippen MR) is 135 cm³/mol. The van der Waals surface area contributed by atoms with Crippen LogP contribution in [0.1, 0.15) is 62.9 Å². The quantitative estimate of drug-likeness (QED) is 0.406. The number of piperidine rings is 1. The molecule has 0 spiro atoms. The van der Waals surface area contributed by atoms with Crippen LogP contribution in [0.25, 0.3) is 11.3 Å². The molecule has 0 bridgehead atoms. The number of carbonyl (C=O) groups excluding carboxylic acids is 2. The Morgan fingerprint density at radius 1 is 1.11 bits per heavy atom. The summed E-state index contributed by atoms with van der Waals surface area (Å²) in [5.74, 6) is -0.486. The van der Waals surface area contributed by atoms with Gasteiger partial charge >= 0.3 is 6.18 Å². The zero-order chi connectivity index (χ0) is 28.3. The number of methoxy groups -OCH3 is 1. The Balaban J connectivity index is 0.000000208. The summed E-state index contributed by atoms with van der Waals surface area (Å²) in [4.78, 5) is 26.6. The molecule has 2 atom stereocenters. The fourth-order valence-corrected chi connectivity index (χ4v) is 4.45. The van der Waals surface area contributed by atoms with Crippen molar-refractivity contribution in [1.29, 1.82) is 0 Å². The van der Waals surface area contributed by atoms with Crippen LogP contribution in [0.3, 0.4) is 0 Å². The molecule has 3 heterocycles. The molecule has 1 saturated carbocycles. The number of nitrogens with one attached hydrogen (secondary N) is 2. The molecule has 1 aliphatic carbocycles. The zero-order valence-corrected chi connectivity index (χ0v) is 22.2. The second kappa shape index (κ2) is 14.8. The van der Waals surface area contributed by atoms with Gasteiger partial charge in [-0.15, -0.1) is 0 Å². The lowest BCUT2D eigenvalue weighted by atomic mass is 9.86. The van der Waals surface area contributed by atoms with Crippen molar-refractivity contribution in [3.8, 4) is 17.1 Å². The molecule has 4 rings (SSSR count). The summed E-state index contributed by atoms with van der Waals surface area (Å²) in [5, 5.41) is 8.80. The maximum Gasteiger partial charge on any atom is 0.391 e. The number of aromatic amines is 1. The molecule has 1 amide bonds. The van der Waals surface area contributed by atoms with Crippen LogP contribution in [0, 0.1) is 17.7 Å². The summed E-state index contributed by atoms with van der Waals surface area (Å²) in [7, 11) is 3.66. The summed E-state index contributed by atoms with van der Waals surface area (Å²) in [6.07, 6.45) is 2.08. The number of pyridine rings is 1. The SMILES string of the molecule is COc1cc(-c2cc(C=O)[nH]n2)c(F)cn1.C[C@@H]1CC[C@H](C)N(C)C1.O=CNC1CCC(C(F)(F)F)CC1. The molecule has 1 saturated heterocycles. The Kier molecular flexibility index (Phi) is 12.1. The van der Waals surface area contributed by atoms with Crippen molar-refractivity contribution >= 4 is 12.7 Å². The molecule has 2 N–H and O–H groups in total. The van der Waals surface area contributed by atoms with Gasteiger partial charge in [0.15, 0.2) is 12.1 Å². The van der Waals surface area contributed by atoms with E-state index in [1.54, 1.807) is 0 Å². The van der Waals surface area contributed by atoms with Gasteiger partial charge in [-0.2, -0.15) is 18.3 Å². The predicted octanol–water partition coefficient (Wildman–Crippen LogP) is 5.02. The van der Waals surface area contributed by atoms with Crippen molar-refractivity contribution in [2.45, 2.75) is 70.6 Å². The molecule has 38 heavy (non-hydrogen) atoms. The third-order valence-electron chi connectivity index (χ3n) is 6.96. The highest BCUT2D eigenvalue weighted by Crippen LogP contribution is 2.37. The lowest BCUT2D eigenvalue weighted by Crippen LogP contribution is -2.37. The highest BCUT2D eigenvalue weighted by Gasteiger charge is 2.41. The lowest BCUT2D eigenvalue weighted by molar-refractivity contribution is -0.182. The molecule has 1 aliphatic heterocycles. The maximum atomic E-state index is 13.4. The van der Waals surface area contributed by atoms with E-state index in [2.05, 4.69) is 46.3 Å². The van der Waals surface area contributed by atoms with E-state index in [0.29, 0.717) is 31.2 Å². The van der Waals surface area contributed by atoms with E-state index in [1.807, 2.05) is 0 Å². The molecule has 8 nitrogen and oxygen atoms in total. The summed E-state index contributed by atoms with van der Waals surface area (Å²) in [6, 6.07) is 3.63. The number of carbonyl (C=O) groups is 2. The van der Waals surface area contributed by atoms with Crippen molar-refractivity contribution in [1.82, 2.24) is 25.4 Å². The average Bonchev–Trinajstić information content (AvgIpc) is 3.37. The van der Waals surface area contributed by atoms with Crippen molar-refractivity contribution in [2.75, 3.05) is 20.7 Å². The van der Waals surface area contributed by atoms with Gasteiger partial charge in [0.05, 0.1) is 30.6 Å². The number of nitrogens with zero attached hydrogens (tertiary/aromatic N) is 3. The Morgan fingerprint density at radius 3 is 2.29 bits per heavy atom.